The smallest absolute Gasteiger partial charge is 0.127 e. The van der Waals surface area contributed by atoms with Crippen molar-refractivity contribution in [2.75, 3.05) is 0 Å². The molecule has 1 atom stereocenters. The SMILES string of the molecule is CC(Cc1ccco1)NCc1cc(F)ccc1F. The number of hydrogen-bond donors (Lipinski definition) is 1. The highest BCUT2D eigenvalue weighted by molar-refractivity contribution is 5.18. The predicted molar refractivity (Wildman–Crippen MR) is 65.1 cm³/mol. The molecule has 0 bridgehead atoms. The molecule has 1 N–H and O–H groups in total. The minimum absolute atomic E-state index is 0.124. The summed E-state index contributed by atoms with van der Waals surface area (Å²) in [5, 5.41) is 3.14. The van der Waals surface area contributed by atoms with Gasteiger partial charge >= 0.3 is 0 Å². The van der Waals surface area contributed by atoms with Crippen molar-refractivity contribution in [1.82, 2.24) is 5.32 Å². The molecule has 1 aromatic heterocycles. The van der Waals surface area contributed by atoms with Crippen LogP contribution in [0.4, 0.5) is 8.78 Å². The Hall–Kier alpha value is -1.68. The molecule has 0 saturated heterocycles. The highest BCUT2D eigenvalue weighted by Crippen LogP contribution is 2.10. The molecule has 2 rings (SSSR count). The van der Waals surface area contributed by atoms with Crippen LogP contribution in [0.1, 0.15) is 18.2 Å². The van der Waals surface area contributed by atoms with E-state index in [2.05, 4.69) is 5.32 Å². The van der Waals surface area contributed by atoms with Crippen LogP contribution in [0.3, 0.4) is 0 Å². The first kappa shape index (κ1) is 12.8. The molecule has 0 aliphatic rings. The molecule has 2 nitrogen and oxygen atoms in total. The number of rotatable bonds is 5. The maximum absolute atomic E-state index is 13.4. The Labute approximate surface area is 105 Å². The van der Waals surface area contributed by atoms with Crippen LogP contribution in [0.2, 0.25) is 0 Å². The van der Waals surface area contributed by atoms with Crippen molar-refractivity contribution in [3.05, 3.63) is 59.6 Å². The summed E-state index contributed by atoms with van der Waals surface area (Å²) in [6, 6.07) is 7.31. The van der Waals surface area contributed by atoms with Gasteiger partial charge in [-0.3, -0.25) is 0 Å². The van der Waals surface area contributed by atoms with Crippen LogP contribution < -0.4 is 5.32 Å². The van der Waals surface area contributed by atoms with E-state index in [1.54, 1.807) is 6.26 Å². The lowest BCUT2D eigenvalue weighted by Crippen LogP contribution is -2.27. The zero-order valence-electron chi connectivity index (χ0n) is 10.1. The van der Waals surface area contributed by atoms with Crippen LogP contribution in [0, 0.1) is 11.6 Å². The van der Waals surface area contributed by atoms with E-state index in [1.165, 1.54) is 6.07 Å². The van der Waals surface area contributed by atoms with Gasteiger partial charge in [0.2, 0.25) is 0 Å². The Bertz CT molecular complexity index is 497. The van der Waals surface area contributed by atoms with Gasteiger partial charge in [0.15, 0.2) is 0 Å². The summed E-state index contributed by atoms with van der Waals surface area (Å²) in [7, 11) is 0. The van der Waals surface area contributed by atoms with Crippen molar-refractivity contribution in [2.24, 2.45) is 0 Å². The maximum atomic E-state index is 13.4. The molecular formula is C14H15F2NO. The average Bonchev–Trinajstić information content (AvgIpc) is 2.83. The van der Waals surface area contributed by atoms with Gasteiger partial charge in [-0.15, -0.1) is 0 Å². The second kappa shape index (κ2) is 5.78. The van der Waals surface area contributed by atoms with Gasteiger partial charge < -0.3 is 9.73 Å². The first-order valence-electron chi connectivity index (χ1n) is 5.85. The van der Waals surface area contributed by atoms with Gasteiger partial charge in [0, 0.05) is 24.6 Å². The first-order valence-corrected chi connectivity index (χ1v) is 5.85. The molecule has 0 aliphatic heterocycles. The van der Waals surface area contributed by atoms with E-state index in [1.807, 2.05) is 19.1 Å². The van der Waals surface area contributed by atoms with Gasteiger partial charge in [0.25, 0.3) is 0 Å². The normalized spacial score (nSPS) is 12.6. The van der Waals surface area contributed by atoms with E-state index in [0.717, 1.165) is 17.9 Å². The fraction of sp³-hybridized carbons (Fsp3) is 0.286. The van der Waals surface area contributed by atoms with Crippen molar-refractivity contribution < 1.29 is 13.2 Å². The third kappa shape index (κ3) is 3.40. The highest BCUT2D eigenvalue weighted by Gasteiger charge is 2.08. The quantitative estimate of drug-likeness (QED) is 0.882. The molecule has 0 fully saturated rings. The second-order valence-corrected chi connectivity index (χ2v) is 4.30. The first-order chi connectivity index (χ1) is 8.65. The molecule has 4 heteroatoms. The number of nitrogens with one attached hydrogen (secondary N) is 1. The summed E-state index contributed by atoms with van der Waals surface area (Å²) in [5.41, 5.74) is 0.335. The number of furan rings is 1. The van der Waals surface area contributed by atoms with Gasteiger partial charge in [-0.2, -0.15) is 0 Å². The predicted octanol–water partition coefficient (Wildman–Crippen LogP) is 3.28. The lowest BCUT2D eigenvalue weighted by molar-refractivity contribution is 0.452. The lowest BCUT2D eigenvalue weighted by atomic mass is 10.1. The zero-order chi connectivity index (χ0) is 13.0. The summed E-state index contributed by atoms with van der Waals surface area (Å²) < 4.78 is 31.6. The number of halogens is 2. The summed E-state index contributed by atoms with van der Waals surface area (Å²) in [6.07, 6.45) is 2.33. The van der Waals surface area contributed by atoms with E-state index in [-0.39, 0.29) is 6.04 Å². The zero-order valence-corrected chi connectivity index (χ0v) is 10.1. The summed E-state index contributed by atoms with van der Waals surface area (Å²) in [4.78, 5) is 0. The van der Waals surface area contributed by atoms with Crippen LogP contribution in [-0.2, 0) is 13.0 Å². The monoisotopic (exact) mass is 251 g/mol. The van der Waals surface area contributed by atoms with Gasteiger partial charge in [-0.25, -0.2) is 8.78 Å². The molecule has 1 heterocycles. The van der Waals surface area contributed by atoms with E-state index in [9.17, 15) is 8.78 Å². The van der Waals surface area contributed by atoms with Crippen molar-refractivity contribution >= 4 is 0 Å². The Kier molecular flexibility index (Phi) is 4.10. The molecule has 96 valence electrons. The topological polar surface area (TPSA) is 25.2 Å². The fourth-order valence-electron chi connectivity index (χ4n) is 1.77. The van der Waals surface area contributed by atoms with E-state index in [4.69, 9.17) is 4.42 Å². The van der Waals surface area contributed by atoms with E-state index >= 15 is 0 Å². The maximum Gasteiger partial charge on any atom is 0.127 e. The molecule has 0 radical (unpaired) electrons. The third-order valence-electron chi connectivity index (χ3n) is 2.74. The van der Waals surface area contributed by atoms with Crippen LogP contribution in [-0.4, -0.2) is 6.04 Å². The summed E-state index contributed by atoms with van der Waals surface area (Å²) >= 11 is 0. The van der Waals surface area contributed by atoms with E-state index in [0.29, 0.717) is 18.5 Å². The molecule has 0 amide bonds. The largest absolute Gasteiger partial charge is 0.469 e. The van der Waals surface area contributed by atoms with Crippen molar-refractivity contribution in [3.8, 4) is 0 Å². The van der Waals surface area contributed by atoms with Crippen molar-refractivity contribution in [2.45, 2.75) is 25.9 Å². The van der Waals surface area contributed by atoms with Crippen LogP contribution in [0.25, 0.3) is 0 Å². The molecule has 0 saturated carbocycles. The Morgan fingerprint density at radius 3 is 2.83 bits per heavy atom. The van der Waals surface area contributed by atoms with Crippen LogP contribution >= 0.6 is 0 Å². The van der Waals surface area contributed by atoms with Crippen molar-refractivity contribution in [3.63, 3.8) is 0 Å². The van der Waals surface area contributed by atoms with Crippen molar-refractivity contribution in [1.29, 1.82) is 0 Å². The average molecular weight is 251 g/mol. The molecule has 0 aliphatic carbocycles. The van der Waals surface area contributed by atoms with E-state index < -0.39 is 11.6 Å². The minimum atomic E-state index is -0.424. The summed E-state index contributed by atoms with van der Waals surface area (Å²) in [6.45, 7) is 2.27. The Balaban J connectivity index is 1.89. The summed E-state index contributed by atoms with van der Waals surface area (Å²) in [5.74, 6) is 0.0516. The molecule has 0 spiro atoms. The van der Waals surface area contributed by atoms with Gasteiger partial charge in [-0.1, -0.05) is 0 Å². The number of benzene rings is 1. The third-order valence-corrected chi connectivity index (χ3v) is 2.74. The molecular weight excluding hydrogens is 236 g/mol. The Morgan fingerprint density at radius 2 is 2.11 bits per heavy atom. The minimum Gasteiger partial charge on any atom is -0.469 e. The molecule has 1 aromatic carbocycles. The second-order valence-electron chi connectivity index (χ2n) is 4.30. The van der Waals surface area contributed by atoms with Gasteiger partial charge in [0.05, 0.1) is 6.26 Å². The lowest BCUT2D eigenvalue weighted by Gasteiger charge is -2.12. The molecule has 1 unspecified atom stereocenters. The Morgan fingerprint density at radius 1 is 1.28 bits per heavy atom. The standard InChI is InChI=1S/C14H15F2NO/c1-10(7-13-3-2-6-18-13)17-9-11-8-12(15)4-5-14(11)16/h2-6,8,10,17H,7,9H2,1H3. The molecule has 2 aromatic rings. The fourth-order valence-corrected chi connectivity index (χ4v) is 1.77. The van der Waals surface area contributed by atoms with Crippen LogP contribution in [0.5, 0.6) is 0 Å². The number of hydrogen-bond acceptors (Lipinski definition) is 2. The highest BCUT2D eigenvalue weighted by atomic mass is 19.1. The molecule has 18 heavy (non-hydrogen) atoms. The van der Waals surface area contributed by atoms with Crippen LogP contribution in [0.15, 0.2) is 41.0 Å². The van der Waals surface area contributed by atoms with Gasteiger partial charge in [0.1, 0.15) is 17.4 Å². The van der Waals surface area contributed by atoms with Gasteiger partial charge in [-0.05, 0) is 37.3 Å².